The van der Waals surface area contributed by atoms with E-state index in [1.807, 2.05) is 25.1 Å². The highest BCUT2D eigenvalue weighted by Crippen LogP contribution is 2.31. The van der Waals surface area contributed by atoms with Crippen LogP contribution in [0.15, 0.2) is 18.2 Å². The van der Waals surface area contributed by atoms with Gasteiger partial charge in [-0.3, -0.25) is 9.59 Å². The molecule has 0 aliphatic carbocycles. The zero-order chi connectivity index (χ0) is 18.1. The first-order valence-corrected chi connectivity index (χ1v) is 8.73. The number of carbonyl (C=O) groups is 2. The van der Waals surface area contributed by atoms with Crippen molar-refractivity contribution in [3.63, 3.8) is 0 Å². The first-order valence-electron chi connectivity index (χ1n) is 8.73. The largest absolute Gasteiger partial charge is 0.497 e. The summed E-state index contributed by atoms with van der Waals surface area (Å²) < 4.78 is 7.53. The Morgan fingerprint density at radius 3 is 2.72 bits per heavy atom. The fourth-order valence-corrected chi connectivity index (χ4v) is 3.71. The zero-order valence-electron chi connectivity index (χ0n) is 15.0. The molecular weight excluding hydrogens is 318 g/mol. The fraction of sp³-hybridized carbons (Fsp3) is 0.474. The van der Waals surface area contributed by atoms with Gasteiger partial charge in [0.05, 0.1) is 18.6 Å². The third kappa shape index (κ3) is 2.97. The van der Waals surface area contributed by atoms with Crippen LogP contribution in [-0.4, -0.2) is 41.5 Å². The number of benzene rings is 1. The highest BCUT2D eigenvalue weighted by molar-refractivity contribution is 6.09. The number of carbonyl (C=O) groups excluding carboxylic acids is 2. The van der Waals surface area contributed by atoms with Crippen molar-refractivity contribution in [3.8, 4) is 5.75 Å². The summed E-state index contributed by atoms with van der Waals surface area (Å²) in [5, 5.41) is 0.901. The maximum absolute atomic E-state index is 13.2. The number of primary amides is 1. The molecule has 2 N–H and O–H groups in total. The van der Waals surface area contributed by atoms with E-state index in [4.69, 9.17) is 10.5 Å². The molecule has 2 aromatic rings. The molecular formula is C19H25N3O3. The van der Waals surface area contributed by atoms with Crippen LogP contribution in [0.4, 0.5) is 0 Å². The lowest BCUT2D eigenvalue weighted by Gasteiger charge is -2.16. The predicted octanol–water partition coefficient (Wildman–Crippen LogP) is 2.32. The Morgan fingerprint density at radius 1 is 1.36 bits per heavy atom. The van der Waals surface area contributed by atoms with Gasteiger partial charge >= 0.3 is 0 Å². The van der Waals surface area contributed by atoms with Gasteiger partial charge in [0.15, 0.2) is 0 Å². The number of nitrogens with zero attached hydrogens (tertiary/aromatic N) is 2. The van der Waals surface area contributed by atoms with Crippen LogP contribution in [0.3, 0.4) is 0 Å². The van der Waals surface area contributed by atoms with Crippen LogP contribution >= 0.6 is 0 Å². The third-order valence-corrected chi connectivity index (χ3v) is 5.07. The van der Waals surface area contributed by atoms with Gasteiger partial charge in [-0.25, -0.2) is 0 Å². The highest BCUT2D eigenvalue weighted by Gasteiger charge is 2.32. The van der Waals surface area contributed by atoms with E-state index in [0.717, 1.165) is 35.3 Å². The van der Waals surface area contributed by atoms with Crippen molar-refractivity contribution in [2.75, 3.05) is 20.2 Å². The number of fused-ring (bicyclic) bond motifs is 1. The molecule has 1 aromatic heterocycles. The number of aromatic nitrogens is 1. The second-order valence-corrected chi connectivity index (χ2v) is 6.63. The number of hydrogen-bond acceptors (Lipinski definition) is 3. The number of hydrogen-bond donors (Lipinski definition) is 1. The summed E-state index contributed by atoms with van der Waals surface area (Å²) in [6, 6.07) is 5.84. The predicted molar refractivity (Wildman–Crippen MR) is 96.7 cm³/mol. The summed E-state index contributed by atoms with van der Waals surface area (Å²) in [7, 11) is 1.62. The van der Waals surface area contributed by atoms with Crippen LogP contribution in [0.2, 0.25) is 0 Å². The van der Waals surface area contributed by atoms with Crippen molar-refractivity contribution in [2.45, 2.75) is 33.2 Å². The normalized spacial score (nSPS) is 17.2. The second kappa shape index (κ2) is 6.78. The van der Waals surface area contributed by atoms with Crippen molar-refractivity contribution in [2.24, 2.45) is 11.7 Å². The summed E-state index contributed by atoms with van der Waals surface area (Å²) >= 11 is 0. The van der Waals surface area contributed by atoms with Crippen molar-refractivity contribution in [1.29, 1.82) is 0 Å². The van der Waals surface area contributed by atoms with E-state index in [1.165, 1.54) is 0 Å². The van der Waals surface area contributed by atoms with Crippen LogP contribution in [0.25, 0.3) is 10.9 Å². The smallest absolute Gasteiger partial charge is 0.256 e. The molecule has 1 fully saturated rings. The lowest BCUT2D eigenvalue weighted by Crippen LogP contribution is -2.32. The lowest BCUT2D eigenvalue weighted by molar-refractivity contribution is -0.121. The van der Waals surface area contributed by atoms with Crippen LogP contribution in [-0.2, 0) is 11.3 Å². The van der Waals surface area contributed by atoms with E-state index in [-0.39, 0.29) is 17.7 Å². The van der Waals surface area contributed by atoms with Crippen molar-refractivity contribution < 1.29 is 14.3 Å². The van der Waals surface area contributed by atoms with Gasteiger partial charge in [0.1, 0.15) is 5.75 Å². The molecule has 1 aromatic carbocycles. The quantitative estimate of drug-likeness (QED) is 0.905. The number of likely N-dealkylation sites (tertiary alicyclic amines) is 1. The van der Waals surface area contributed by atoms with Gasteiger partial charge in [-0.05, 0) is 38.0 Å². The number of aryl methyl sites for hydroxylation is 1. The molecule has 6 nitrogen and oxygen atoms in total. The fourth-order valence-electron chi connectivity index (χ4n) is 3.71. The van der Waals surface area contributed by atoms with E-state index in [2.05, 4.69) is 11.5 Å². The molecule has 0 unspecified atom stereocenters. The van der Waals surface area contributed by atoms with Crippen molar-refractivity contribution in [3.05, 3.63) is 29.5 Å². The van der Waals surface area contributed by atoms with Crippen LogP contribution in [0.1, 0.15) is 35.8 Å². The van der Waals surface area contributed by atoms with E-state index in [1.54, 1.807) is 12.0 Å². The molecule has 3 rings (SSSR count). The number of nitrogens with two attached hydrogens (primary N) is 1. The van der Waals surface area contributed by atoms with E-state index in [9.17, 15) is 9.59 Å². The number of amides is 2. The van der Waals surface area contributed by atoms with Crippen molar-refractivity contribution >= 4 is 22.7 Å². The minimum Gasteiger partial charge on any atom is -0.497 e. The highest BCUT2D eigenvalue weighted by atomic mass is 16.5. The summed E-state index contributed by atoms with van der Waals surface area (Å²) in [4.78, 5) is 26.4. The van der Waals surface area contributed by atoms with E-state index in [0.29, 0.717) is 25.1 Å². The topological polar surface area (TPSA) is 77.6 Å². The molecule has 0 bridgehead atoms. The standard InChI is InChI=1S/C19H25N3O3/c1-4-8-22-12(2)17(15-10-14(25-3)5-6-16(15)22)19(24)21-9-7-13(11-21)18(20)23/h5-6,10,13H,4,7-9,11H2,1-3H3,(H2,20,23)/t13-/m0/s1. The second-order valence-electron chi connectivity index (χ2n) is 6.63. The number of methoxy groups -OCH3 is 1. The van der Waals surface area contributed by atoms with Gasteiger partial charge in [0.25, 0.3) is 5.91 Å². The number of ether oxygens (including phenoxy) is 1. The average Bonchev–Trinajstić information content (AvgIpc) is 3.19. The van der Waals surface area contributed by atoms with Gasteiger partial charge in [-0.1, -0.05) is 6.92 Å². The molecule has 0 saturated carbocycles. The molecule has 1 atom stereocenters. The summed E-state index contributed by atoms with van der Waals surface area (Å²) in [5.74, 6) is 0.117. The summed E-state index contributed by atoms with van der Waals surface area (Å²) in [6.07, 6.45) is 1.62. The molecule has 1 aliphatic heterocycles. The molecule has 0 spiro atoms. The monoisotopic (exact) mass is 343 g/mol. The Labute approximate surface area is 147 Å². The SMILES string of the molecule is CCCn1c(C)c(C(=O)N2CC[C@H](C(N)=O)C2)c2cc(OC)ccc21. The van der Waals surface area contributed by atoms with Crippen LogP contribution < -0.4 is 10.5 Å². The molecule has 2 amide bonds. The average molecular weight is 343 g/mol. The van der Waals surface area contributed by atoms with Gasteiger partial charge in [-0.15, -0.1) is 0 Å². The van der Waals surface area contributed by atoms with Crippen LogP contribution in [0.5, 0.6) is 5.75 Å². The summed E-state index contributed by atoms with van der Waals surface area (Å²) in [5.41, 5.74) is 8.10. The molecule has 1 saturated heterocycles. The molecule has 2 heterocycles. The lowest BCUT2D eigenvalue weighted by atomic mass is 10.1. The third-order valence-electron chi connectivity index (χ3n) is 5.07. The van der Waals surface area contributed by atoms with E-state index >= 15 is 0 Å². The van der Waals surface area contributed by atoms with Gasteiger partial charge in [0.2, 0.25) is 5.91 Å². The van der Waals surface area contributed by atoms with Crippen LogP contribution in [0, 0.1) is 12.8 Å². The Hall–Kier alpha value is -2.50. The minimum absolute atomic E-state index is 0.0330. The Morgan fingerprint density at radius 2 is 2.12 bits per heavy atom. The molecule has 1 aliphatic rings. The van der Waals surface area contributed by atoms with Gasteiger partial charge in [0, 0.05) is 36.2 Å². The Kier molecular flexibility index (Phi) is 4.70. The maximum Gasteiger partial charge on any atom is 0.256 e. The molecule has 6 heteroatoms. The Balaban J connectivity index is 2.06. The summed E-state index contributed by atoms with van der Waals surface area (Å²) in [6.45, 7) is 5.92. The van der Waals surface area contributed by atoms with Gasteiger partial charge < -0.3 is 19.9 Å². The molecule has 134 valence electrons. The minimum atomic E-state index is -0.331. The van der Waals surface area contributed by atoms with E-state index < -0.39 is 0 Å². The maximum atomic E-state index is 13.2. The zero-order valence-corrected chi connectivity index (χ0v) is 15.0. The Bertz CT molecular complexity index is 825. The molecule has 25 heavy (non-hydrogen) atoms. The number of rotatable bonds is 5. The first kappa shape index (κ1) is 17.3. The van der Waals surface area contributed by atoms with Crippen molar-refractivity contribution in [1.82, 2.24) is 9.47 Å². The molecule has 0 radical (unpaired) electrons. The van der Waals surface area contributed by atoms with Gasteiger partial charge in [-0.2, -0.15) is 0 Å². The first-order chi connectivity index (χ1) is 12.0.